The van der Waals surface area contributed by atoms with Gasteiger partial charge < -0.3 is 19.9 Å². The summed E-state index contributed by atoms with van der Waals surface area (Å²) in [5.74, 6) is 0.793. The van der Waals surface area contributed by atoms with Crippen LogP contribution in [0.15, 0.2) is 46.0 Å². The maximum absolute atomic E-state index is 12.8. The van der Waals surface area contributed by atoms with E-state index in [1.54, 1.807) is 26.4 Å². The summed E-state index contributed by atoms with van der Waals surface area (Å²) in [6, 6.07) is 10.4. The molecule has 0 bridgehead atoms. The summed E-state index contributed by atoms with van der Waals surface area (Å²) in [7, 11) is 3.12. The number of para-hydroxylation sites is 1. The van der Waals surface area contributed by atoms with Gasteiger partial charge in [0.1, 0.15) is 11.6 Å². The molecule has 3 aromatic rings. The third-order valence-electron chi connectivity index (χ3n) is 5.58. The van der Waals surface area contributed by atoms with E-state index in [-0.39, 0.29) is 11.4 Å². The van der Waals surface area contributed by atoms with Crippen LogP contribution >= 0.6 is 0 Å². The molecule has 0 saturated heterocycles. The highest BCUT2D eigenvalue weighted by Gasteiger charge is 2.33. The van der Waals surface area contributed by atoms with Gasteiger partial charge in [0.25, 0.3) is 5.56 Å². The minimum Gasteiger partial charge on any atom is -0.494 e. The molecular weight excluding hydrogens is 386 g/mol. The number of aromatic amines is 1. The van der Waals surface area contributed by atoms with E-state index in [1.807, 2.05) is 36.5 Å². The fourth-order valence-corrected chi connectivity index (χ4v) is 4.11. The van der Waals surface area contributed by atoms with E-state index in [4.69, 9.17) is 9.47 Å². The number of aryl methyl sites for hydroxylation is 1. The van der Waals surface area contributed by atoms with Crippen molar-refractivity contribution in [1.29, 1.82) is 0 Å². The number of quaternary nitrogens is 1. The lowest BCUT2D eigenvalue weighted by molar-refractivity contribution is -0.690. The highest BCUT2D eigenvalue weighted by molar-refractivity contribution is 5.52. The van der Waals surface area contributed by atoms with E-state index in [0.717, 1.165) is 34.2 Å². The van der Waals surface area contributed by atoms with Crippen molar-refractivity contribution in [2.24, 2.45) is 0 Å². The van der Waals surface area contributed by atoms with Crippen molar-refractivity contribution in [2.45, 2.75) is 19.4 Å². The molecule has 8 heteroatoms. The number of rotatable bonds is 4. The molecule has 0 amide bonds. The van der Waals surface area contributed by atoms with Crippen molar-refractivity contribution < 1.29 is 19.9 Å². The van der Waals surface area contributed by atoms with Gasteiger partial charge in [-0.15, -0.1) is 0 Å². The van der Waals surface area contributed by atoms with Crippen LogP contribution in [0, 0.1) is 6.92 Å². The number of nitrogens with one attached hydrogen (secondary N) is 1. The number of hydrogen-bond donors (Lipinski definition) is 3. The lowest BCUT2D eigenvalue weighted by Crippen LogP contribution is -2.87. The summed E-state index contributed by atoms with van der Waals surface area (Å²) in [5, 5.41) is 13.1. The summed E-state index contributed by atoms with van der Waals surface area (Å²) in [5.41, 5.74) is 2.01. The van der Waals surface area contributed by atoms with E-state index in [2.05, 4.69) is 4.98 Å². The molecule has 0 radical (unpaired) electrons. The molecule has 2 aromatic carbocycles. The number of nitrogens with zero attached hydrogens (tertiary/aromatic N) is 1. The first kappa shape index (κ1) is 19.8. The zero-order valence-corrected chi connectivity index (χ0v) is 17.1. The minimum absolute atomic E-state index is 0.131. The van der Waals surface area contributed by atoms with Crippen molar-refractivity contribution in [2.75, 3.05) is 20.8 Å². The largest absolute Gasteiger partial charge is 0.494 e. The zero-order valence-electron chi connectivity index (χ0n) is 17.1. The van der Waals surface area contributed by atoms with Crippen molar-refractivity contribution in [3.05, 3.63) is 79.5 Å². The van der Waals surface area contributed by atoms with Gasteiger partial charge in [-0.25, -0.2) is 9.36 Å². The Bertz CT molecular complexity index is 1230. The van der Waals surface area contributed by atoms with Gasteiger partial charge in [0.2, 0.25) is 5.88 Å². The molecule has 0 aliphatic carbocycles. The lowest BCUT2D eigenvalue weighted by Gasteiger charge is -2.26. The molecule has 1 aromatic heterocycles. The molecule has 156 valence electrons. The third-order valence-corrected chi connectivity index (χ3v) is 5.58. The Labute approximate surface area is 172 Å². The van der Waals surface area contributed by atoms with Gasteiger partial charge in [-0.05, 0) is 36.2 Å². The molecule has 1 atom stereocenters. The van der Waals surface area contributed by atoms with Crippen LogP contribution in [0.5, 0.6) is 17.4 Å². The van der Waals surface area contributed by atoms with Crippen LogP contribution in [0.25, 0.3) is 5.69 Å². The van der Waals surface area contributed by atoms with Crippen LogP contribution in [0.1, 0.15) is 28.3 Å². The van der Waals surface area contributed by atoms with Gasteiger partial charge in [0, 0.05) is 12.0 Å². The number of ether oxygens (including phenoxy) is 2. The average Bonchev–Trinajstić information content (AvgIpc) is 2.73. The Hall–Kier alpha value is -3.52. The first-order valence-corrected chi connectivity index (χ1v) is 9.68. The predicted molar refractivity (Wildman–Crippen MR) is 111 cm³/mol. The van der Waals surface area contributed by atoms with Crippen molar-refractivity contribution in [1.82, 2.24) is 9.55 Å². The van der Waals surface area contributed by atoms with Gasteiger partial charge in [0.15, 0.2) is 11.5 Å². The van der Waals surface area contributed by atoms with E-state index in [1.165, 1.54) is 0 Å². The molecule has 1 aliphatic heterocycles. The molecule has 0 unspecified atom stereocenters. The predicted octanol–water partition coefficient (Wildman–Crippen LogP) is 0.766. The highest BCUT2D eigenvalue weighted by atomic mass is 16.5. The fraction of sp³-hybridized carbons (Fsp3) is 0.273. The van der Waals surface area contributed by atoms with E-state index >= 15 is 0 Å². The summed E-state index contributed by atoms with van der Waals surface area (Å²) in [6.07, 6.45) is 0.780. The van der Waals surface area contributed by atoms with Gasteiger partial charge in [-0.1, -0.05) is 18.2 Å². The van der Waals surface area contributed by atoms with E-state index in [0.29, 0.717) is 17.2 Å². The molecule has 4 rings (SSSR count). The average molecular weight is 410 g/mol. The molecule has 2 heterocycles. The standard InChI is InChI=1S/C22H23N3O5/c1-12-6-4-5-7-15(12)25-21(27)18(20(26)24-22(25)28)19-14-11-17(30-3)16(29-2)10-13(14)8-9-23-19/h4-7,10-11,19,23,27H,8-9H2,1-3H3,(H,24,26,28)/p+1/t19-/m0/s1. The van der Waals surface area contributed by atoms with Gasteiger partial charge in [-0.3, -0.25) is 9.78 Å². The highest BCUT2D eigenvalue weighted by Crippen LogP contribution is 2.36. The quantitative estimate of drug-likeness (QED) is 0.588. The second-order valence-electron chi connectivity index (χ2n) is 7.28. The second kappa shape index (κ2) is 7.72. The number of H-pyrrole nitrogens is 1. The monoisotopic (exact) mass is 410 g/mol. The van der Waals surface area contributed by atoms with Crippen LogP contribution < -0.4 is 26.0 Å². The summed E-state index contributed by atoms with van der Waals surface area (Å²) < 4.78 is 12.0. The van der Waals surface area contributed by atoms with Gasteiger partial charge in [0.05, 0.1) is 26.5 Å². The third kappa shape index (κ3) is 3.15. The number of aromatic nitrogens is 2. The van der Waals surface area contributed by atoms with E-state index in [9.17, 15) is 14.7 Å². The van der Waals surface area contributed by atoms with Crippen LogP contribution in [-0.4, -0.2) is 35.4 Å². The Morgan fingerprint density at radius 1 is 1.13 bits per heavy atom. The topological polar surface area (TPSA) is 110 Å². The number of nitrogens with two attached hydrogens (primary N) is 1. The van der Waals surface area contributed by atoms with Crippen LogP contribution in [0.2, 0.25) is 0 Å². The number of benzene rings is 2. The van der Waals surface area contributed by atoms with Gasteiger partial charge in [-0.2, -0.15) is 0 Å². The Kier molecular flexibility index (Phi) is 5.09. The zero-order chi connectivity index (χ0) is 21.4. The number of aromatic hydroxyl groups is 1. The number of fused-ring (bicyclic) bond motifs is 1. The maximum atomic E-state index is 12.8. The molecule has 8 nitrogen and oxygen atoms in total. The molecule has 30 heavy (non-hydrogen) atoms. The van der Waals surface area contributed by atoms with Crippen LogP contribution in [-0.2, 0) is 6.42 Å². The SMILES string of the molecule is COc1cc2c(cc1OC)[C@@H](c1c(O)n(-c3ccccc3C)c(=O)[nH]c1=O)[NH2+]CC2. The van der Waals surface area contributed by atoms with Crippen LogP contribution in [0.4, 0.5) is 0 Å². The number of hydrogen-bond acceptors (Lipinski definition) is 5. The first-order valence-electron chi connectivity index (χ1n) is 9.68. The Balaban J connectivity index is 1.96. The van der Waals surface area contributed by atoms with Crippen molar-refractivity contribution in [3.8, 4) is 23.1 Å². The second-order valence-corrected chi connectivity index (χ2v) is 7.28. The number of methoxy groups -OCH3 is 2. The molecule has 1 aliphatic rings. The minimum atomic E-state index is -0.682. The molecular formula is C22H24N3O5+. The van der Waals surface area contributed by atoms with E-state index < -0.39 is 17.3 Å². The maximum Gasteiger partial charge on any atom is 0.335 e. The molecule has 4 N–H and O–H groups in total. The molecule has 0 spiro atoms. The fourth-order valence-electron chi connectivity index (χ4n) is 4.11. The summed E-state index contributed by atoms with van der Waals surface area (Å²) in [4.78, 5) is 27.8. The van der Waals surface area contributed by atoms with Crippen molar-refractivity contribution in [3.63, 3.8) is 0 Å². The first-order chi connectivity index (χ1) is 14.5. The smallest absolute Gasteiger partial charge is 0.335 e. The van der Waals surface area contributed by atoms with Crippen molar-refractivity contribution >= 4 is 0 Å². The molecule has 0 fully saturated rings. The normalized spacial score (nSPS) is 15.5. The molecule has 0 saturated carbocycles. The van der Waals surface area contributed by atoms with Gasteiger partial charge >= 0.3 is 5.69 Å². The summed E-state index contributed by atoms with van der Waals surface area (Å²) in [6.45, 7) is 2.56. The lowest BCUT2D eigenvalue weighted by atomic mass is 9.90. The van der Waals surface area contributed by atoms with Crippen LogP contribution in [0.3, 0.4) is 0 Å². The Morgan fingerprint density at radius 3 is 2.53 bits per heavy atom. The summed E-state index contributed by atoms with van der Waals surface area (Å²) >= 11 is 0. The Morgan fingerprint density at radius 2 is 1.83 bits per heavy atom.